The minimum atomic E-state index is -0.476. The fourth-order valence-electron chi connectivity index (χ4n) is 3.66. The molecule has 0 saturated heterocycles. The number of ether oxygens (including phenoxy) is 3. The summed E-state index contributed by atoms with van der Waals surface area (Å²) in [6.07, 6.45) is -0.476. The Bertz CT molecular complexity index is 1290. The maximum absolute atomic E-state index is 6.34. The largest absolute Gasteiger partial charge is 0.454 e. The Labute approximate surface area is 188 Å². The van der Waals surface area contributed by atoms with E-state index in [1.165, 1.54) is 17.3 Å². The van der Waals surface area contributed by atoms with Gasteiger partial charge in [0.05, 0.1) is 0 Å². The van der Waals surface area contributed by atoms with E-state index >= 15 is 0 Å². The Hall–Kier alpha value is -3.78. The molecule has 32 heavy (non-hydrogen) atoms. The molecule has 2 aliphatic heterocycles. The van der Waals surface area contributed by atoms with Crippen LogP contribution in [0.4, 0.5) is 5.69 Å². The van der Waals surface area contributed by atoms with Gasteiger partial charge in [-0.25, -0.2) is 0 Å². The van der Waals surface area contributed by atoms with Gasteiger partial charge >= 0.3 is 0 Å². The van der Waals surface area contributed by atoms with Crippen LogP contribution >= 0.6 is 11.8 Å². The second-order valence-corrected chi connectivity index (χ2v) is 8.27. The third kappa shape index (κ3) is 3.58. The number of rotatable bonds is 4. The van der Waals surface area contributed by atoms with Gasteiger partial charge in [-0.2, -0.15) is 4.98 Å². The molecule has 0 unspecified atom stereocenters. The Morgan fingerprint density at radius 2 is 1.75 bits per heavy atom. The van der Waals surface area contributed by atoms with Crippen LogP contribution in [0.3, 0.4) is 0 Å². The fourth-order valence-corrected chi connectivity index (χ4v) is 4.39. The van der Waals surface area contributed by atoms with Gasteiger partial charge in [-0.05, 0) is 29.8 Å². The summed E-state index contributed by atoms with van der Waals surface area (Å²) >= 11 is 1.53. The van der Waals surface area contributed by atoms with Gasteiger partial charge in [-0.1, -0.05) is 60.3 Å². The van der Waals surface area contributed by atoms with Crippen LogP contribution < -0.4 is 19.5 Å². The highest BCUT2D eigenvalue weighted by Gasteiger charge is 2.27. The standard InChI is InChI=1S/C24H18N4O3S/c1-2-6-15(7-3-1)13-32-24-26-23-21(27-28-24)17-8-4-5-9-18(17)25-22(31-23)16-10-11-19-20(12-16)30-14-29-19/h1-12,22,25H,13-14H2/t22-/m0/s1. The van der Waals surface area contributed by atoms with Crippen molar-refractivity contribution < 1.29 is 14.2 Å². The van der Waals surface area contributed by atoms with Gasteiger partial charge in [0, 0.05) is 22.6 Å². The molecule has 3 aromatic carbocycles. The van der Waals surface area contributed by atoms with Crippen LogP contribution in [0.25, 0.3) is 11.3 Å². The van der Waals surface area contributed by atoms with E-state index in [0.717, 1.165) is 28.3 Å². The highest BCUT2D eigenvalue weighted by atomic mass is 32.2. The number of benzene rings is 3. The lowest BCUT2D eigenvalue weighted by atomic mass is 10.1. The summed E-state index contributed by atoms with van der Waals surface area (Å²) in [7, 11) is 0. The molecule has 8 heteroatoms. The highest BCUT2D eigenvalue weighted by Crippen LogP contribution is 2.41. The van der Waals surface area contributed by atoms with E-state index in [0.29, 0.717) is 22.5 Å². The van der Waals surface area contributed by atoms with Crippen LogP contribution in [0.1, 0.15) is 17.4 Å². The first-order valence-corrected chi connectivity index (χ1v) is 11.2. The first-order chi connectivity index (χ1) is 15.8. The predicted molar refractivity (Wildman–Crippen MR) is 121 cm³/mol. The molecule has 0 fully saturated rings. The van der Waals surface area contributed by atoms with Gasteiger partial charge in [0.25, 0.3) is 0 Å². The van der Waals surface area contributed by atoms with Crippen molar-refractivity contribution in [2.45, 2.75) is 17.1 Å². The van der Waals surface area contributed by atoms with Gasteiger partial charge in [-0.15, -0.1) is 10.2 Å². The van der Waals surface area contributed by atoms with Crippen LogP contribution in [0.15, 0.2) is 78.0 Å². The van der Waals surface area contributed by atoms with Crippen LogP contribution in [-0.2, 0) is 5.75 Å². The molecule has 0 radical (unpaired) electrons. The molecule has 4 aromatic rings. The summed E-state index contributed by atoms with van der Waals surface area (Å²) in [5.74, 6) is 2.62. The van der Waals surface area contributed by atoms with Crippen molar-refractivity contribution in [2.24, 2.45) is 0 Å². The summed E-state index contributed by atoms with van der Waals surface area (Å²) < 4.78 is 17.3. The Morgan fingerprint density at radius 3 is 2.69 bits per heavy atom. The number of para-hydroxylation sites is 1. The van der Waals surface area contributed by atoms with Crippen molar-refractivity contribution in [3.8, 4) is 28.6 Å². The van der Waals surface area contributed by atoms with Gasteiger partial charge in [0.15, 0.2) is 23.4 Å². The number of anilines is 1. The smallest absolute Gasteiger partial charge is 0.247 e. The topological polar surface area (TPSA) is 78.4 Å². The molecule has 3 heterocycles. The minimum Gasteiger partial charge on any atom is -0.454 e. The zero-order chi connectivity index (χ0) is 21.3. The Balaban J connectivity index is 1.35. The van der Waals surface area contributed by atoms with Gasteiger partial charge in [0.2, 0.25) is 17.8 Å². The Morgan fingerprint density at radius 1 is 0.906 bits per heavy atom. The molecule has 0 aliphatic carbocycles. The predicted octanol–water partition coefficient (Wildman–Crippen LogP) is 5.06. The number of nitrogens with zero attached hydrogens (tertiary/aromatic N) is 3. The second kappa shape index (κ2) is 8.05. The highest BCUT2D eigenvalue weighted by molar-refractivity contribution is 7.98. The van der Waals surface area contributed by atoms with E-state index in [9.17, 15) is 0 Å². The minimum absolute atomic E-state index is 0.225. The van der Waals surface area contributed by atoms with Crippen LogP contribution in [0, 0.1) is 0 Å². The number of hydrogen-bond donors (Lipinski definition) is 1. The molecular weight excluding hydrogens is 424 g/mol. The molecule has 6 rings (SSSR count). The summed E-state index contributed by atoms with van der Waals surface area (Å²) in [6.45, 7) is 0.225. The third-order valence-corrected chi connectivity index (χ3v) is 6.15. The van der Waals surface area contributed by atoms with E-state index < -0.39 is 6.23 Å². The molecule has 0 amide bonds. The molecule has 0 bridgehead atoms. The SMILES string of the molecule is c1ccc(CSc2nnc3c(n2)O[C@@H](c2ccc4c(c2)OCO4)Nc2ccccc2-3)cc1. The number of nitrogens with one attached hydrogen (secondary N) is 1. The van der Waals surface area contributed by atoms with Crippen LogP contribution in [-0.4, -0.2) is 22.0 Å². The van der Waals surface area contributed by atoms with Crippen molar-refractivity contribution in [2.75, 3.05) is 12.1 Å². The van der Waals surface area contributed by atoms with Crippen molar-refractivity contribution in [1.82, 2.24) is 15.2 Å². The van der Waals surface area contributed by atoms with Crippen molar-refractivity contribution in [1.29, 1.82) is 0 Å². The molecule has 158 valence electrons. The summed E-state index contributed by atoms with van der Waals surface area (Å²) in [6, 6.07) is 23.9. The molecule has 2 aliphatic rings. The van der Waals surface area contributed by atoms with E-state index in [4.69, 9.17) is 19.2 Å². The molecule has 7 nitrogen and oxygen atoms in total. The Kier molecular flexibility index (Phi) is 4.77. The van der Waals surface area contributed by atoms with E-state index in [2.05, 4.69) is 27.6 Å². The molecule has 0 spiro atoms. The summed E-state index contributed by atoms with van der Waals surface area (Å²) in [5.41, 5.74) is 4.50. The number of hydrogen-bond acceptors (Lipinski definition) is 8. The van der Waals surface area contributed by atoms with Crippen molar-refractivity contribution in [3.63, 3.8) is 0 Å². The van der Waals surface area contributed by atoms with Gasteiger partial charge in [-0.3, -0.25) is 0 Å². The zero-order valence-electron chi connectivity index (χ0n) is 16.9. The van der Waals surface area contributed by atoms with E-state index in [1.807, 2.05) is 60.7 Å². The zero-order valence-corrected chi connectivity index (χ0v) is 17.7. The quantitative estimate of drug-likeness (QED) is 0.439. The van der Waals surface area contributed by atoms with Crippen LogP contribution in [0.5, 0.6) is 17.4 Å². The molecule has 0 saturated carbocycles. The maximum Gasteiger partial charge on any atom is 0.247 e. The lowest BCUT2D eigenvalue weighted by Crippen LogP contribution is -2.17. The van der Waals surface area contributed by atoms with Crippen molar-refractivity contribution in [3.05, 3.63) is 83.9 Å². The van der Waals surface area contributed by atoms with E-state index in [1.54, 1.807) is 0 Å². The van der Waals surface area contributed by atoms with Gasteiger partial charge in [0.1, 0.15) is 0 Å². The van der Waals surface area contributed by atoms with Crippen LogP contribution in [0.2, 0.25) is 0 Å². The average Bonchev–Trinajstić information content (AvgIpc) is 3.25. The lowest BCUT2D eigenvalue weighted by Gasteiger charge is -2.19. The van der Waals surface area contributed by atoms with Gasteiger partial charge < -0.3 is 19.5 Å². The second-order valence-electron chi connectivity index (χ2n) is 7.32. The monoisotopic (exact) mass is 442 g/mol. The molecule has 1 aromatic heterocycles. The number of aromatic nitrogens is 3. The number of thioether (sulfide) groups is 1. The normalized spacial score (nSPS) is 15.7. The van der Waals surface area contributed by atoms with E-state index in [-0.39, 0.29) is 6.79 Å². The molecular formula is C24H18N4O3S. The fraction of sp³-hybridized carbons (Fsp3) is 0.125. The van der Waals surface area contributed by atoms with Crippen molar-refractivity contribution >= 4 is 17.4 Å². The molecule has 1 atom stereocenters. The maximum atomic E-state index is 6.34. The molecule has 1 N–H and O–H groups in total. The summed E-state index contributed by atoms with van der Waals surface area (Å²) in [4.78, 5) is 4.71. The number of fused-ring (bicyclic) bond motifs is 4. The summed E-state index contributed by atoms with van der Waals surface area (Å²) in [5, 5.41) is 12.9. The lowest BCUT2D eigenvalue weighted by molar-refractivity contribution is 0.173. The third-order valence-electron chi connectivity index (χ3n) is 5.24. The first-order valence-electron chi connectivity index (χ1n) is 10.2. The average molecular weight is 443 g/mol. The first kappa shape index (κ1) is 18.9.